The molecular formula is C10H16N4O2. The molecule has 0 radical (unpaired) electrons. The SMILES string of the molecule is CC1CN(c2ccc(N)nn2)CC(CO)O1. The molecule has 0 spiro atoms. The van der Waals surface area contributed by atoms with E-state index in [0.717, 1.165) is 12.4 Å². The van der Waals surface area contributed by atoms with Crippen LogP contribution in [-0.2, 0) is 4.74 Å². The van der Waals surface area contributed by atoms with Crippen molar-refractivity contribution in [1.82, 2.24) is 10.2 Å². The lowest BCUT2D eigenvalue weighted by Crippen LogP contribution is -2.48. The van der Waals surface area contributed by atoms with Crippen LogP contribution in [0.4, 0.5) is 11.6 Å². The average Bonchev–Trinajstić information content (AvgIpc) is 2.29. The number of aromatic nitrogens is 2. The molecule has 1 aromatic rings. The number of hydrogen-bond donors (Lipinski definition) is 2. The first-order valence-electron chi connectivity index (χ1n) is 5.29. The minimum atomic E-state index is -0.164. The largest absolute Gasteiger partial charge is 0.394 e. The zero-order chi connectivity index (χ0) is 11.5. The Kier molecular flexibility index (Phi) is 3.21. The average molecular weight is 224 g/mol. The maximum Gasteiger partial charge on any atom is 0.151 e. The quantitative estimate of drug-likeness (QED) is 0.714. The van der Waals surface area contributed by atoms with Crippen molar-refractivity contribution in [3.63, 3.8) is 0 Å². The first kappa shape index (κ1) is 11.1. The molecule has 2 atom stereocenters. The van der Waals surface area contributed by atoms with Gasteiger partial charge in [-0.05, 0) is 19.1 Å². The Hall–Kier alpha value is -1.40. The molecule has 1 aromatic heterocycles. The predicted octanol–water partition coefficient (Wildman–Crippen LogP) is -0.355. The summed E-state index contributed by atoms with van der Waals surface area (Å²) in [7, 11) is 0. The molecule has 0 aromatic carbocycles. The highest BCUT2D eigenvalue weighted by Gasteiger charge is 2.25. The molecule has 0 bridgehead atoms. The van der Waals surface area contributed by atoms with Gasteiger partial charge in [0.05, 0.1) is 18.8 Å². The Morgan fingerprint density at radius 1 is 1.50 bits per heavy atom. The second kappa shape index (κ2) is 4.63. The summed E-state index contributed by atoms with van der Waals surface area (Å²) in [6.45, 7) is 3.36. The Balaban J connectivity index is 2.11. The Bertz CT molecular complexity index is 343. The van der Waals surface area contributed by atoms with Crippen molar-refractivity contribution in [2.45, 2.75) is 19.1 Å². The van der Waals surface area contributed by atoms with E-state index in [4.69, 9.17) is 15.6 Å². The summed E-state index contributed by atoms with van der Waals surface area (Å²) in [5.41, 5.74) is 5.48. The Morgan fingerprint density at radius 2 is 2.31 bits per heavy atom. The number of nitrogens with two attached hydrogens (primary N) is 1. The summed E-state index contributed by atoms with van der Waals surface area (Å²) < 4.78 is 5.55. The summed E-state index contributed by atoms with van der Waals surface area (Å²) in [6, 6.07) is 3.55. The van der Waals surface area contributed by atoms with Crippen molar-refractivity contribution in [1.29, 1.82) is 0 Å². The van der Waals surface area contributed by atoms with Gasteiger partial charge in [-0.15, -0.1) is 10.2 Å². The van der Waals surface area contributed by atoms with Crippen molar-refractivity contribution in [3.05, 3.63) is 12.1 Å². The van der Waals surface area contributed by atoms with Crippen molar-refractivity contribution in [3.8, 4) is 0 Å². The van der Waals surface area contributed by atoms with Crippen molar-refractivity contribution < 1.29 is 9.84 Å². The van der Waals surface area contributed by atoms with Crippen LogP contribution in [0.3, 0.4) is 0 Å². The van der Waals surface area contributed by atoms with E-state index in [1.807, 2.05) is 17.9 Å². The summed E-state index contributed by atoms with van der Waals surface area (Å²) in [5.74, 6) is 1.17. The van der Waals surface area contributed by atoms with E-state index in [-0.39, 0.29) is 18.8 Å². The van der Waals surface area contributed by atoms with Crippen LogP contribution in [0.2, 0.25) is 0 Å². The summed E-state index contributed by atoms with van der Waals surface area (Å²) in [4.78, 5) is 2.04. The first-order chi connectivity index (χ1) is 7.69. The summed E-state index contributed by atoms with van der Waals surface area (Å²) in [5, 5.41) is 16.9. The van der Waals surface area contributed by atoms with Crippen LogP contribution in [0.5, 0.6) is 0 Å². The summed E-state index contributed by atoms with van der Waals surface area (Å²) in [6.07, 6.45) is -0.0895. The number of aliphatic hydroxyl groups is 1. The van der Waals surface area contributed by atoms with E-state index in [2.05, 4.69) is 10.2 Å². The molecule has 2 unspecified atom stereocenters. The molecule has 0 saturated carbocycles. The third-order valence-electron chi connectivity index (χ3n) is 2.52. The molecule has 1 fully saturated rings. The van der Waals surface area contributed by atoms with Gasteiger partial charge in [-0.25, -0.2) is 0 Å². The molecule has 88 valence electrons. The minimum absolute atomic E-state index is 0.0171. The minimum Gasteiger partial charge on any atom is -0.394 e. The lowest BCUT2D eigenvalue weighted by Gasteiger charge is -2.36. The van der Waals surface area contributed by atoms with E-state index in [1.165, 1.54) is 0 Å². The molecule has 0 amide bonds. The molecule has 2 rings (SSSR count). The topological polar surface area (TPSA) is 84.5 Å². The van der Waals surface area contributed by atoms with E-state index in [1.54, 1.807) is 6.07 Å². The number of ether oxygens (including phenoxy) is 1. The monoisotopic (exact) mass is 224 g/mol. The Labute approximate surface area is 94.0 Å². The fourth-order valence-electron chi connectivity index (χ4n) is 1.84. The second-order valence-electron chi connectivity index (χ2n) is 3.97. The first-order valence-corrected chi connectivity index (χ1v) is 5.29. The van der Waals surface area contributed by atoms with Crippen LogP contribution in [0.25, 0.3) is 0 Å². The van der Waals surface area contributed by atoms with Crippen molar-refractivity contribution in [2.75, 3.05) is 30.3 Å². The van der Waals surface area contributed by atoms with Gasteiger partial charge in [-0.3, -0.25) is 0 Å². The van der Waals surface area contributed by atoms with Gasteiger partial charge in [0.1, 0.15) is 5.82 Å². The van der Waals surface area contributed by atoms with Gasteiger partial charge < -0.3 is 20.5 Å². The van der Waals surface area contributed by atoms with Gasteiger partial charge in [-0.1, -0.05) is 0 Å². The molecule has 16 heavy (non-hydrogen) atoms. The number of rotatable bonds is 2. The fourth-order valence-corrected chi connectivity index (χ4v) is 1.84. The molecule has 1 saturated heterocycles. The smallest absolute Gasteiger partial charge is 0.151 e. The normalized spacial score (nSPS) is 25.8. The third-order valence-corrected chi connectivity index (χ3v) is 2.52. The van der Waals surface area contributed by atoms with E-state index < -0.39 is 0 Å². The van der Waals surface area contributed by atoms with Crippen LogP contribution in [0, 0.1) is 0 Å². The zero-order valence-corrected chi connectivity index (χ0v) is 9.21. The molecule has 6 nitrogen and oxygen atoms in total. The maximum atomic E-state index is 9.11. The van der Waals surface area contributed by atoms with Crippen molar-refractivity contribution in [2.24, 2.45) is 0 Å². The highest BCUT2D eigenvalue weighted by molar-refractivity contribution is 5.42. The molecule has 2 heterocycles. The predicted molar refractivity (Wildman–Crippen MR) is 60.1 cm³/mol. The molecule has 0 aliphatic carbocycles. The number of nitrogens with zero attached hydrogens (tertiary/aromatic N) is 3. The number of morpholine rings is 1. The second-order valence-corrected chi connectivity index (χ2v) is 3.97. The van der Waals surface area contributed by atoms with Gasteiger partial charge in [0, 0.05) is 13.1 Å². The maximum absolute atomic E-state index is 9.11. The Morgan fingerprint density at radius 3 is 2.94 bits per heavy atom. The lowest BCUT2D eigenvalue weighted by atomic mass is 10.2. The zero-order valence-electron chi connectivity index (χ0n) is 9.21. The molecule has 6 heteroatoms. The van der Waals surface area contributed by atoms with E-state index in [0.29, 0.717) is 12.4 Å². The number of nitrogen functional groups attached to an aromatic ring is 1. The van der Waals surface area contributed by atoms with Gasteiger partial charge >= 0.3 is 0 Å². The molecule has 1 aliphatic heterocycles. The van der Waals surface area contributed by atoms with Crippen LogP contribution >= 0.6 is 0 Å². The summed E-state index contributed by atoms with van der Waals surface area (Å²) >= 11 is 0. The van der Waals surface area contributed by atoms with Crippen LogP contribution in [-0.4, -0.2) is 47.2 Å². The lowest BCUT2D eigenvalue weighted by molar-refractivity contribution is -0.0423. The van der Waals surface area contributed by atoms with E-state index in [9.17, 15) is 0 Å². The molecular weight excluding hydrogens is 208 g/mol. The highest BCUT2D eigenvalue weighted by atomic mass is 16.5. The van der Waals surface area contributed by atoms with Crippen molar-refractivity contribution >= 4 is 11.6 Å². The highest BCUT2D eigenvalue weighted by Crippen LogP contribution is 2.17. The van der Waals surface area contributed by atoms with Gasteiger partial charge in [0.15, 0.2) is 5.82 Å². The standard InChI is InChI=1S/C10H16N4O2/c1-7-4-14(5-8(6-15)16-7)10-3-2-9(11)12-13-10/h2-3,7-8,15H,4-6H2,1H3,(H2,11,12). The molecule has 1 aliphatic rings. The van der Waals surface area contributed by atoms with Crippen LogP contribution in [0.1, 0.15) is 6.92 Å². The van der Waals surface area contributed by atoms with Crippen LogP contribution < -0.4 is 10.6 Å². The van der Waals surface area contributed by atoms with Gasteiger partial charge in [0.25, 0.3) is 0 Å². The van der Waals surface area contributed by atoms with Crippen LogP contribution in [0.15, 0.2) is 12.1 Å². The van der Waals surface area contributed by atoms with E-state index >= 15 is 0 Å². The number of anilines is 2. The number of aliphatic hydroxyl groups excluding tert-OH is 1. The fraction of sp³-hybridized carbons (Fsp3) is 0.600. The molecule has 3 N–H and O–H groups in total. The van der Waals surface area contributed by atoms with Gasteiger partial charge in [-0.2, -0.15) is 0 Å². The van der Waals surface area contributed by atoms with Gasteiger partial charge in [0.2, 0.25) is 0 Å². The number of hydrogen-bond acceptors (Lipinski definition) is 6. The third kappa shape index (κ3) is 2.40.